The molecule has 4 rings (SSSR count). The Morgan fingerprint density at radius 3 is 2.27 bits per heavy atom. The van der Waals surface area contributed by atoms with Crippen molar-refractivity contribution in [3.8, 4) is 11.3 Å². The van der Waals surface area contributed by atoms with E-state index in [1.807, 2.05) is 18.3 Å². The topological polar surface area (TPSA) is 28.7 Å². The lowest BCUT2D eigenvalue weighted by Crippen LogP contribution is -1.90. The second kappa shape index (κ2) is 5.49. The van der Waals surface area contributed by atoms with Crippen LogP contribution in [-0.2, 0) is 6.42 Å². The average Bonchev–Trinajstić information content (AvgIpc) is 2.95. The van der Waals surface area contributed by atoms with E-state index in [1.165, 1.54) is 22.1 Å². The second-order valence-corrected chi connectivity index (χ2v) is 5.41. The average molecular weight is 284 g/mol. The first-order chi connectivity index (χ1) is 10.9. The van der Waals surface area contributed by atoms with Gasteiger partial charge in [0.2, 0.25) is 0 Å². The fourth-order valence-corrected chi connectivity index (χ4v) is 2.91. The van der Waals surface area contributed by atoms with Crippen LogP contribution in [0.2, 0.25) is 0 Å². The van der Waals surface area contributed by atoms with Crippen molar-refractivity contribution in [3.05, 3.63) is 90.1 Å². The molecule has 2 nitrogen and oxygen atoms in total. The van der Waals surface area contributed by atoms with Crippen LogP contribution in [0.3, 0.4) is 0 Å². The van der Waals surface area contributed by atoms with Crippen molar-refractivity contribution in [2.45, 2.75) is 6.42 Å². The number of rotatable bonds is 3. The van der Waals surface area contributed by atoms with Crippen LogP contribution in [0, 0.1) is 0 Å². The third kappa shape index (κ3) is 2.29. The quantitative estimate of drug-likeness (QED) is 0.574. The van der Waals surface area contributed by atoms with Crippen LogP contribution in [0.5, 0.6) is 0 Å². The number of aromatic amines is 1. The van der Waals surface area contributed by atoms with Crippen LogP contribution in [0.4, 0.5) is 0 Å². The molecular formula is C20H16N2. The summed E-state index contributed by atoms with van der Waals surface area (Å²) in [5.74, 6) is 0. The Bertz CT molecular complexity index is 893. The number of fused-ring (bicyclic) bond motifs is 1. The lowest BCUT2D eigenvalue weighted by molar-refractivity contribution is 1.21. The SMILES string of the molecule is c1ccc(Cc2c(-c3ccccc3)[nH]c3ncccc23)cc1. The maximum absolute atomic E-state index is 4.47. The smallest absolute Gasteiger partial charge is 0.137 e. The molecule has 0 bridgehead atoms. The first kappa shape index (κ1) is 12.8. The van der Waals surface area contributed by atoms with Crippen LogP contribution < -0.4 is 0 Å². The summed E-state index contributed by atoms with van der Waals surface area (Å²) in [6.07, 6.45) is 2.73. The Labute approximate surface area is 129 Å². The van der Waals surface area contributed by atoms with E-state index in [0.29, 0.717) is 0 Å². The van der Waals surface area contributed by atoms with Crippen molar-refractivity contribution in [1.29, 1.82) is 0 Å². The molecule has 2 heterocycles. The minimum absolute atomic E-state index is 0.900. The standard InChI is InChI=1S/C20H16N2/c1-3-8-15(9-4-1)14-18-17-12-7-13-21-20(17)22-19(18)16-10-5-2-6-11-16/h1-13H,14H2,(H,21,22). The number of nitrogens with one attached hydrogen (secondary N) is 1. The summed E-state index contributed by atoms with van der Waals surface area (Å²) in [6.45, 7) is 0. The minimum atomic E-state index is 0.900. The first-order valence-corrected chi connectivity index (χ1v) is 7.47. The summed E-state index contributed by atoms with van der Waals surface area (Å²) < 4.78 is 0. The van der Waals surface area contributed by atoms with Gasteiger partial charge in [0.15, 0.2) is 0 Å². The van der Waals surface area contributed by atoms with Gasteiger partial charge in [-0.05, 0) is 28.8 Å². The highest BCUT2D eigenvalue weighted by Crippen LogP contribution is 2.31. The van der Waals surface area contributed by atoms with E-state index in [1.54, 1.807) is 0 Å². The summed E-state index contributed by atoms with van der Waals surface area (Å²) >= 11 is 0. The van der Waals surface area contributed by atoms with Crippen molar-refractivity contribution in [1.82, 2.24) is 9.97 Å². The lowest BCUT2D eigenvalue weighted by Gasteiger charge is -2.05. The van der Waals surface area contributed by atoms with Crippen molar-refractivity contribution in [3.63, 3.8) is 0 Å². The third-order valence-corrected chi connectivity index (χ3v) is 3.96. The van der Waals surface area contributed by atoms with Crippen molar-refractivity contribution in [2.75, 3.05) is 0 Å². The molecule has 4 aromatic rings. The minimum Gasteiger partial charge on any atom is -0.339 e. The van der Waals surface area contributed by atoms with Gasteiger partial charge in [0, 0.05) is 18.0 Å². The monoisotopic (exact) mass is 284 g/mol. The summed E-state index contributed by atoms with van der Waals surface area (Å²) in [6, 6.07) is 25.2. The number of hydrogen-bond donors (Lipinski definition) is 1. The number of hydrogen-bond acceptors (Lipinski definition) is 1. The van der Waals surface area contributed by atoms with Crippen molar-refractivity contribution in [2.24, 2.45) is 0 Å². The molecule has 2 heteroatoms. The van der Waals surface area contributed by atoms with Gasteiger partial charge in [0.25, 0.3) is 0 Å². The molecule has 0 saturated carbocycles. The number of pyridine rings is 1. The molecule has 0 aliphatic heterocycles. The van der Waals surface area contributed by atoms with Crippen molar-refractivity contribution < 1.29 is 0 Å². The molecule has 22 heavy (non-hydrogen) atoms. The zero-order valence-electron chi connectivity index (χ0n) is 12.2. The Hall–Kier alpha value is -2.87. The lowest BCUT2D eigenvalue weighted by atomic mass is 9.99. The van der Waals surface area contributed by atoms with Crippen LogP contribution in [-0.4, -0.2) is 9.97 Å². The van der Waals surface area contributed by atoms with E-state index in [9.17, 15) is 0 Å². The fourth-order valence-electron chi connectivity index (χ4n) is 2.91. The van der Waals surface area contributed by atoms with E-state index in [2.05, 4.69) is 70.6 Å². The maximum atomic E-state index is 4.47. The molecule has 0 saturated heterocycles. The molecule has 1 N–H and O–H groups in total. The van der Waals surface area contributed by atoms with Gasteiger partial charge in [0.05, 0.1) is 5.69 Å². The number of benzene rings is 2. The third-order valence-electron chi connectivity index (χ3n) is 3.96. The normalized spacial score (nSPS) is 10.9. The molecule has 0 aliphatic rings. The van der Waals surface area contributed by atoms with Crippen molar-refractivity contribution >= 4 is 11.0 Å². The van der Waals surface area contributed by atoms with Crippen LogP contribution >= 0.6 is 0 Å². The molecule has 0 amide bonds. The Morgan fingerprint density at radius 2 is 1.50 bits per heavy atom. The summed E-state index contributed by atoms with van der Waals surface area (Å²) in [7, 11) is 0. The first-order valence-electron chi connectivity index (χ1n) is 7.47. The van der Waals surface area contributed by atoms with Crippen LogP contribution in [0.15, 0.2) is 79.0 Å². The molecule has 106 valence electrons. The predicted octanol–water partition coefficient (Wildman–Crippen LogP) is 4.82. The molecular weight excluding hydrogens is 268 g/mol. The second-order valence-electron chi connectivity index (χ2n) is 5.41. The summed E-state index contributed by atoms with van der Waals surface area (Å²) in [5, 5.41) is 1.20. The number of nitrogens with zero attached hydrogens (tertiary/aromatic N) is 1. The number of aromatic nitrogens is 2. The van der Waals surface area contributed by atoms with E-state index >= 15 is 0 Å². The van der Waals surface area contributed by atoms with Gasteiger partial charge in [-0.15, -0.1) is 0 Å². The van der Waals surface area contributed by atoms with Crippen LogP contribution in [0.1, 0.15) is 11.1 Å². The van der Waals surface area contributed by atoms with E-state index in [4.69, 9.17) is 0 Å². The summed E-state index contributed by atoms with van der Waals surface area (Å²) in [5.41, 5.74) is 5.93. The van der Waals surface area contributed by atoms with E-state index < -0.39 is 0 Å². The largest absolute Gasteiger partial charge is 0.339 e. The molecule has 0 aliphatic carbocycles. The van der Waals surface area contributed by atoms with Gasteiger partial charge in [-0.2, -0.15) is 0 Å². The highest BCUT2D eigenvalue weighted by Gasteiger charge is 2.13. The zero-order chi connectivity index (χ0) is 14.8. The molecule has 0 spiro atoms. The van der Waals surface area contributed by atoms with Gasteiger partial charge in [-0.25, -0.2) is 4.98 Å². The molecule has 2 aromatic carbocycles. The molecule has 0 atom stereocenters. The predicted molar refractivity (Wildman–Crippen MR) is 90.8 cm³/mol. The zero-order valence-corrected chi connectivity index (χ0v) is 12.2. The van der Waals surface area contributed by atoms with Gasteiger partial charge >= 0.3 is 0 Å². The van der Waals surface area contributed by atoms with E-state index in [0.717, 1.165) is 17.8 Å². The fraction of sp³-hybridized carbons (Fsp3) is 0.0500. The van der Waals surface area contributed by atoms with Gasteiger partial charge in [-0.3, -0.25) is 0 Å². The van der Waals surface area contributed by atoms with Gasteiger partial charge in [0.1, 0.15) is 5.65 Å². The molecule has 0 unspecified atom stereocenters. The highest BCUT2D eigenvalue weighted by molar-refractivity contribution is 5.88. The highest BCUT2D eigenvalue weighted by atomic mass is 14.9. The van der Waals surface area contributed by atoms with Gasteiger partial charge < -0.3 is 4.98 Å². The summed E-state index contributed by atoms with van der Waals surface area (Å²) in [4.78, 5) is 7.96. The maximum Gasteiger partial charge on any atom is 0.137 e. The number of H-pyrrole nitrogens is 1. The van der Waals surface area contributed by atoms with Crippen LogP contribution in [0.25, 0.3) is 22.3 Å². The Kier molecular flexibility index (Phi) is 3.20. The Morgan fingerprint density at radius 1 is 0.773 bits per heavy atom. The molecule has 2 aromatic heterocycles. The van der Waals surface area contributed by atoms with Gasteiger partial charge in [-0.1, -0.05) is 60.7 Å². The van der Waals surface area contributed by atoms with E-state index in [-0.39, 0.29) is 0 Å². The Balaban J connectivity index is 1.91. The molecule has 0 fully saturated rings. The molecule has 0 radical (unpaired) electrons.